The zero-order valence-electron chi connectivity index (χ0n) is 24.6. The topological polar surface area (TPSA) is 152 Å². The van der Waals surface area contributed by atoms with Crippen molar-refractivity contribution in [1.29, 1.82) is 0 Å². The highest BCUT2D eigenvalue weighted by Gasteiger charge is 2.16. The monoisotopic (exact) mass is 607 g/mol. The first-order valence-electron chi connectivity index (χ1n) is 13.5. The van der Waals surface area contributed by atoms with Crippen LogP contribution in [-0.2, 0) is 4.79 Å². The predicted octanol–water partition coefficient (Wildman–Crippen LogP) is 4.81. The van der Waals surface area contributed by atoms with Crippen LogP contribution in [0.4, 0.5) is 11.4 Å². The van der Waals surface area contributed by atoms with Gasteiger partial charge in [-0.2, -0.15) is 5.10 Å². The van der Waals surface area contributed by atoms with Crippen LogP contribution in [0.25, 0.3) is 6.08 Å². The number of hydrazone groups is 1. The number of nitro groups is 1. The summed E-state index contributed by atoms with van der Waals surface area (Å²) in [5, 5.41) is 17.5. The van der Waals surface area contributed by atoms with Crippen LogP contribution in [0.15, 0.2) is 108 Å². The van der Waals surface area contributed by atoms with Crippen LogP contribution >= 0.6 is 0 Å². The van der Waals surface area contributed by atoms with Crippen molar-refractivity contribution in [3.05, 3.63) is 135 Å². The standard InChI is InChI=1S/C33H29N5O7/c1-37(2)26-14-9-22(10-15-26)19-28(35-31(39)24-7-5-4-6-8-24)32(40)36-34-21-23-11-18-29(30(20-23)44-3)45-33(41)25-12-16-27(17-13-25)38(42)43/h4-21H,1-3H3,(H,35,39)(H,36,40)/b28-19-,34-21-. The van der Waals surface area contributed by atoms with Crippen molar-refractivity contribution in [2.24, 2.45) is 5.10 Å². The van der Waals surface area contributed by atoms with Crippen LogP contribution in [-0.4, -0.2) is 50.1 Å². The highest BCUT2D eigenvalue weighted by atomic mass is 16.6. The van der Waals surface area contributed by atoms with Gasteiger partial charge in [-0.3, -0.25) is 19.7 Å². The smallest absolute Gasteiger partial charge is 0.343 e. The van der Waals surface area contributed by atoms with Gasteiger partial charge in [0, 0.05) is 37.5 Å². The summed E-state index contributed by atoms with van der Waals surface area (Å²) in [5.41, 5.74) is 4.90. The summed E-state index contributed by atoms with van der Waals surface area (Å²) in [4.78, 5) is 50.8. The van der Waals surface area contributed by atoms with Gasteiger partial charge in [-0.1, -0.05) is 30.3 Å². The summed E-state index contributed by atoms with van der Waals surface area (Å²) in [5.74, 6) is -1.54. The van der Waals surface area contributed by atoms with Gasteiger partial charge in [-0.15, -0.1) is 0 Å². The lowest BCUT2D eigenvalue weighted by molar-refractivity contribution is -0.384. The third-order valence-corrected chi connectivity index (χ3v) is 6.33. The molecule has 0 saturated carbocycles. The Hall–Kier alpha value is -6.30. The molecule has 4 aromatic carbocycles. The molecular formula is C33H29N5O7. The predicted molar refractivity (Wildman–Crippen MR) is 169 cm³/mol. The van der Waals surface area contributed by atoms with E-state index in [4.69, 9.17) is 9.47 Å². The van der Waals surface area contributed by atoms with E-state index < -0.39 is 22.7 Å². The molecule has 0 aliphatic heterocycles. The zero-order valence-corrected chi connectivity index (χ0v) is 24.6. The summed E-state index contributed by atoms with van der Waals surface area (Å²) in [6.45, 7) is 0. The first-order valence-corrected chi connectivity index (χ1v) is 13.5. The molecule has 0 aliphatic rings. The Morgan fingerprint density at radius 3 is 2.13 bits per heavy atom. The minimum atomic E-state index is -0.731. The van der Waals surface area contributed by atoms with Crippen molar-refractivity contribution >= 4 is 41.4 Å². The lowest BCUT2D eigenvalue weighted by Crippen LogP contribution is -2.32. The van der Waals surface area contributed by atoms with Gasteiger partial charge in [0.1, 0.15) is 5.70 Å². The number of nitrogens with one attached hydrogen (secondary N) is 2. The quantitative estimate of drug-likeness (QED) is 0.0615. The molecular weight excluding hydrogens is 578 g/mol. The number of carbonyl (C=O) groups is 3. The molecule has 0 spiro atoms. The van der Waals surface area contributed by atoms with Crippen molar-refractivity contribution < 1.29 is 28.8 Å². The van der Waals surface area contributed by atoms with Crippen molar-refractivity contribution in [2.45, 2.75) is 0 Å². The molecule has 0 unspecified atom stereocenters. The lowest BCUT2D eigenvalue weighted by atomic mass is 10.1. The second kappa shape index (κ2) is 14.7. The van der Waals surface area contributed by atoms with Gasteiger partial charge in [0.25, 0.3) is 17.5 Å². The number of nitrogens with zero attached hydrogens (tertiary/aromatic N) is 3. The molecule has 0 saturated heterocycles. The van der Waals surface area contributed by atoms with Gasteiger partial charge in [0.05, 0.1) is 23.8 Å². The summed E-state index contributed by atoms with van der Waals surface area (Å²) in [6, 6.07) is 25.5. The minimum Gasteiger partial charge on any atom is -0.493 e. The molecule has 12 nitrogen and oxygen atoms in total. The van der Waals surface area contributed by atoms with E-state index in [-0.39, 0.29) is 28.4 Å². The number of anilines is 1. The summed E-state index contributed by atoms with van der Waals surface area (Å²) in [7, 11) is 5.22. The van der Waals surface area contributed by atoms with E-state index in [1.165, 1.54) is 49.7 Å². The second-order valence-electron chi connectivity index (χ2n) is 9.67. The number of esters is 1. The number of hydrogen-bond acceptors (Lipinski definition) is 9. The molecule has 4 aromatic rings. The van der Waals surface area contributed by atoms with Gasteiger partial charge in [0.15, 0.2) is 11.5 Å². The minimum absolute atomic E-state index is 0.0234. The first kappa shape index (κ1) is 31.6. The fourth-order valence-corrected chi connectivity index (χ4v) is 3.93. The van der Waals surface area contributed by atoms with Crippen molar-refractivity contribution in [2.75, 3.05) is 26.1 Å². The van der Waals surface area contributed by atoms with E-state index in [0.29, 0.717) is 16.7 Å². The van der Waals surface area contributed by atoms with E-state index in [2.05, 4.69) is 15.8 Å². The Morgan fingerprint density at radius 1 is 0.844 bits per heavy atom. The number of rotatable bonds is 11. The SMILES string of the molecule is COc1cc(/C=N\NC(=O)/C(=C/c2ccc(N(C)C)cc2)NC(=O)c2ccccc2)ccc1OC(=O)c1ccc([N+](=O)[O-])cc1. The highest BCUT2D eigenvalue weighted by Crippen LogP contribution is 2.28. The molecule has 0 aliphatic carbocycles. The maximum Gasteiger partial charge on any atom is 0.343 e. The number of hydrogen-bond donors (Lipinski definition) is 2. The van der Waals surface area contributed by atoms with Crippen LogP contribution < -0.4 is 25.1 Å². The number of amides is 2. The molecule has 45 heavy (non-hydrogen) atoms. The number of nitro benzene ring substituents is 1. The van der Waals surface area contributed by atoms with E-state index >= 15 is 0 Å². The molecule has 2 N–H and O–H groups in total. The molecule has 4 rings (SSSR count). The molecule has 2 amide bonds. The fourth-order valence-electron chi connectivity index (χ4n) is 3.93. The number of benzene rings is 4. The lowest BCUT2D eigenvalue weighted by Gasteiger charge is -2.13. The molecule has 0 fully saturated rings. The Bertz CT molecular complexity index is 1750. The number of carbonyl (C=O) groups excluding carboxylic acids is 3. The van der Waals surface area contributed by atoms with Gasteiger partial charge < -0.3 is 19.7 Å². The maximum absolute atomic E-state index is 13.1. The van der Waals surface area contributed by atoms with Crippen LogP contribution in [0, 0.1) is 10.1 Å². The molecule has 0 heterocycles. The van der Waals surface area contributed by atoms with Gasteiger partial charge in [-0.25, -0.2) is 10.2 Å². The van der Waals surface area contributed by atoms with Crippen LogP contribution in [0.3, 0.4) is 0 Å². The zero-order chi connectivity index (χ0) is 32.3. The Labute approximate surface area is 258 Å². The molecule has 0 radical (unpaired) electrons. The third-order valence-electron chi connectivity index (χ3n) is 6.33. The Kier molecular flexibility index (Phi) is 10.4. The Balaban J connectivity index is 1.48. The maximum atomic E-state index is 13.1. The molecule has 0 aromatic heterocycles. The molecule has 0 bridgehead atoms. The normalized spacial score (nSPS) is 11.0. The van der Waals surface area contributed by atoms with E-state index in [1.807, 2.05) is 43.3 Å². The largest absolute Gasteiger partial charge is 0.493 e. The van der Waals surface area contributed by atoms with Crippen molar-refractivity contribution in [3.8, 4) is 11.5 Å². The van der Waals surface area contributed by atoms with Gasteiger partial charge >= 0.3 is 5.97 Å². The fraction of sp³-hybridized carbons (Fsp3) is 0.0909. The summed E-state index contributed by atoms with van der Waals surface area (Å²) >= 11 is 0. The van der Waals surface area contributed by atoms with Crippen molar-refractivity contribution in [3.63, 3.8) is 0 Å². The first-order chi connectivity index (χ1) is 21.6. The van der Waals surface area contributed by atoms with Crippen LogP contribution in [0.2, 0.25) is 0 Å². The average Bonchev–Trinajstić information content (AvgIpc) is 3.05. The van der Waals surface area contributed by atoms with Gasteiger partial charge in [-0.05, 0) is 71.8 Å². The number of methoxy groups -OCH3 is 1. The summed E-state index contributed by atoms with van der Waals surface area (Å²) < 4.78 is 10.7. The average molecular weight is 608 g/mol. The summed E-state index contributed by atoms with van der Waals surface area (Å²) in [6.07, 6.45) is 2.90. The van der Waals surface area contributed by atoms with Gasteiger partial charge in [0.2, 0.25) is 0 Å². The molecule has 12 heteroatoms. The van der Waals surface area contributed by atoms with Crippen molar-refractivity contribution in [1.82, 2.24) is 10.7 Å². The molecule has 228 valence electrons. The second-order valence-corrected chi connectivity index (χ2v) is 9.67. The Morgan fingerprint density at radius 2 is 1.51 bits per heavy atom. The number of non-ortho nitro benzene ring substituents is 1. The van der Waals surface area contributed by atoms with E-state index in [1.54, 1.807) is 42.5 Å². The van der Waals surface area contributed by atoms with E-state index in [9.17, 15) is 24.5 Å². The van der Waals surface area contributed by atoms with Crippen LogP contribution in [0.1, 0.15) is 31.8 Å². The third kappa shape index (κ3) is 8.61. The highest BCUT2D eigenvalue weighted by molar-refractivity contribution is 6.05. The van der Waals surface area contributed by atoms with Crippen LogP contribution in [0.5, 0.6) is 11.5 Å². The number of ether oxygens (including phenoxy) is 2. The molecule has 0 atom stereocenters. The van der Waals surface area contributed by atoms with E-state index in [0.717, 1.165) is 5.69 Å².